The second kappa shape index (κ2) is 12.7. The monoisotopic (exact) mass is 636 g/mol. The molecule has 3 heterocycles. The third-order valence-electron chi connectivity index (χ3n) is 7.14. The summed E-state index contributed by atoms with van der Waals surface area (Å²) >= 11 is 6.26. The number of rotatable bonds is 10. The lowest BCUT2D eigenvalue weighted by Crippen LogP contribution is -2.31. The molecule has 3 atom stereocenters. The van der Waals surface area contributed by atoms with Gasteiger partial charge >= 0.3 is 22.1 Å². The molecule has 1 fully saturated rings. The smallest absolute Gasteiger partial charge is 0.341 e. The van der Waals surface area contributed by atoms with Crippen LogP contribution in [0.1, 0.15) is 102 Å². The Bertz CT molecular complexity index is 1610. The number of carbonyl (C=O) groups excluding carboxylic acids is 2. The van der Waals surface area contributed by atoms with E-state index in [9.17, 15) is 18.0 Å². The second-order valence-electron chi connectivity index (χ2n) is 11.5. The van der Waals surface area contributed by atoms with Crippen molar-refractivity contribution in [1.82, 2.24) is 19.5 Å². The zero-order chi connectivity index (χ0) is 31.8. The van der Waals surface area contributed by atoms with Gasteiger partial charge in [-0.2, -0.15) is 18.4 Å². The molecule has 1 aliphatic rings. The molecule has 1 saturated heterocycles. The van der Waals surface area contributed by atoms with Crippen LogP contribution in [0, 0.1) is 0 Å². The molecule has 12 nitrogen and oxygen atoms in total. The molecule has 1 aliphatic heterocycles. The Hall–Kier alpha value is -3.29. The molecule has 0 radical (unpaired) electrons. The maximum absolute atomic E-state index is 14.0. The Morgan fingerprint density at radius 1 is 1.02 bits per heavy atom. The fourth-order valence-corrected chi connectivity index (χ4v) is 6.75. The maximum Gasteiger partial charge on any atom is 0.341 e. The van der Waals surface area contributed by atoms with Gasteiger partial charge in [0.25, 0.3) is 5.88 Å². The first-order valence-electron chi connectivity index (χ1n) is 14.1. The third kappa shape index (κ3) is 7.10. The van der Waals surface area contributed by atoms with Crippen LogP contribution in [0.3, 0.4) is 0 Å². The number of hydrogen-bond donors (Lipinski definition) is 0. The fourth-order valence-electron chi connectivity index (χ4n) is 5.02. The molecule has 1 aromatic carbocycles. The van der Waals surface area contributed by atoms with Gasteiger partial charge in [-0.25, -0.2) is 4.98 Å². The third-order valence-corrected chi connectivity index (χ3v) is 8.66. The van der Waals surface area contributed by atoms with Crippen molar-refractivity contribution in [3.8, 4) is 5.88 Å². The van der Waals surface area contributed by atoms with E-state index in [-0.39, 0.29) is 58.0 Å². The van der Waals surface area contributed by atoms with Crippen LogP contribution in [0.15, 0.2) is 23.4 Å². The number of benzene rings is 1. The highest BCUT2D eigenvalue weighted by atomic mass is 35.5. The number of halogens is 1. The highest BCUT2D eigenvalue weighted by molar-refractivity contribution is 7.87. The lowest BCUT2D eigenvalue weighted by molar-refractivity contribution is -0.155. The predicted molar refractivity (Wildman–Crippen MR) is 158 cm³/mol. The molecule has 0 N–H and O–H groups in total. The van der Waals surface area contributed by atoms with Crippen LogP contribution in [0.25, 0.3) is 11.2 Å². The molecule has 14 heteroatoms. The first-order valence-corrected chi connectivity index (χ1v) is 15.9. The SMILES string of the molecule is CC(=O)OC[C@H]1O[C@@H](n2cnc3c(OS(=O)(=O)c4c(C(C)C)cc(C(C)C)cc4C(C)C)nc(Cl)nc32)C[C@@H]1OC(C)=O. The standard InChI is InChI=1S/C29H37ClN4O8S/c1-14(2)19-9-20(15(3)4)26(21(10-19)16(5)6)43(37,38)42-28-25-27(32-29(30)33-28)34(13-31-25)24-11-22(40-18(8)36)23(41-24)12-39-17(7)35/h9-10,13-16,22-24H,11-12H2,1-8H3/t22-,23+,24+/m0/s1. The average Bonchev–Trinajstić information content (AvgIpc) is 3.49. The first-order chi connectivity index (χ1) is 20.1. The topological polar surface area (TPSA) is 149 Å². The quantitative estimate of drug-likeness (QED) is 0.160. The minimum Gasteiger partial charge on any atom is -0.463 e. The van der Waals surface area contributed by atoms with Gasteiger partial charge in [0.1, 0.15) is 29.9 Å². The van der Waals surface area contributed by atoms with Crippen molar-refractivity contribution in [1.29, 1.82) is 0 Å². The lowest BCUT2D eigenvalue weighted by atomic mass is 9.89. The van der Waals surface area contributed by atoms with Crippen LogP contribution in [0.2, 0.25) is 5.28 Å². The van der Waals surface area contributed by atoms with Gasteiger partial charge in [0.05, 0.1) is 6.33 Å². The molecule has 0 saturated carbocycles. The van der Waals surface area contributed by atoms with Crippen molar-refractivity contribution in [2.75, 3.05) is 6.61 Å². The Morgan fingerprint density at radius 3 is 2.19 bits per heavy atom. The Morgan fingerprint density at radius 2 is 1.65 bits per heavy atom. The Balaban J connectivity index is 1.75. The largest absolute Gasteiger partial charge is 0.463 e. The number of ether oxygens (including phenoxy) is 3. The number of esters is 2. The summed E-state index contributed by atoms with van der Waals surface area (Å²) in [6.07, 6.45) is -0.652. The highest BCUT2D eigenvalue weighted by Crippen LogP contribution is 2.38. The number of carbonyl (C=O) groups is 2. The number of nitrogens with zero attached hydrogens (tertiary/aromatic N) is 4. The summed E-state index contributed by atoms with van der Waals surface area (Å²) in [6.45, 7) is 14.3. The second-order valence-corrected chi connectivity index (χ2v) is 13.3. The fraction of sp³-hybridized carbons (Fsp3) is 0.552. The molecular formula is C29H37ClN4O8S. The summed E-state index contributed by atoms with van der Waals surface area (Å²) in [5, 5.41) is -0.270. The van der Waals surface area contributed by atoms with E-state index in [1.54, 1.807) is 0 Å². The van der Waals surface area contributed by atoms with E-state index >= 15 is 0 Å². The van der Waals surface area contributed by atoms with E-state index in [1.807, 2.05) is 39.8 Å². The van der Waals surface area contributed by atoms with Crippen molar-refractivity contribution < 1.29 is 36.4 Å². The number of fused-ring (bicyclic) bond motifs is 1. The molecular weight excluding hydrogens is 600 g/mol. The van der Waals surface area contributed by atoms with Crippen LogP contribution in [-0.4, -0.2) is 58.7 Å². The van der Waals surface area contributed by atoms with Crippen molar-refractivity contribution in [3.63, 3.8) is 0 Å². The minimum atomic E-state index is -4.41. The molecule has 234 valence electrons. The van der Waals surface area contributed by atoms with E-state index in [1.165, 1.54) is 24.7 Å². The van der Waals surface area contributed by atoms with Crippen LogP contribution < -0.4 is 4.18 Å². The minimum absolute atomic E-state index is 0.0417. The van der Waals surface area contributed by atoms with E-state index in [0.29, 0.717) is 11.1 Å². The summed E-state index contributed by atoms with van der Waals surface area (Å²) in [6, 6.07) is 3.83. The van der Waals surface area contributed by atoms with Crippen molar-refractivity contribution in [2.45, 2.75) is 103 Å². The molecule has 0 amide bonds. The molecule has 0 unspecified atom stereocenters. The van der Waals surface area contributed by atoms with Gasteiger partial charge in [-0.05, 0) is 46.0 Å². The summed E-state index contributed by atoms with van der Waals surface area (Å²) in [5.41, 5.74) is 2.51. The van der Waals surface area contributed by atoms with Crippen molar-refractivity contribution in [3.05, 3.63) is 40.4 Å². The molecule has 0 spiro atoms. The molecule has 3 aromatic rings. The van der Waals surface area contributed by atoms with Gasteiger partial charge in [0.15, 0.2) is 11.2 Å². The van der Waals surface area contributed by atoms with E-state index < -0.39 is 40.5 Å². The highest BCUT2D eigenvalue weighted by Gasteiger charge is 2.40. The van der Waals surface area contributed by atoms with Crippen LogP contribution in [0.5, 0.6) is 5.88 Å². The van der Waals surface area contributed by atoms with Gasteiger partial charge < -0.3 is 18.4 Å². The Labute approximate surface area is 256 Å². The van der Waals surface area contributed by atoms with Crippen LogP contribution >= 0.6 is 11.6 Å². The van der Waals surface area contributed by atoms with Gasteiger partial charge in [-0.15, -0.1) is 0 Å². The van der Waals surface area contributed by atoms with Gasteiger partial charge in [0, 0.05) is 20.3 Å². The van der Waals surface area contributed by atoms with E-state index in [2.05, 4.69) is 28.8 Å². The van der Waals surface area contributed by atoms with Gasteiger partial charge in [-0.1, -0.05) is 53.7 Å². The van der Waals surface area contributed by atoms with E-state index in [4.69, 9.17) is 30.0 Å². The molecule has 0 bridgehead atoms. The van der Waals surface area contributed by atoms with E-state index in [0.717, 1.165) is 5.56 Å². The zero-order valence-electron chi connectivity index (χ0n) is 25.5. The summed E-state index contributed by atoms with van der Waals surface area (Å²) < 4.78 is 51.7. The summed E-state index contributed by atoms with van der Waals surface area (Å²) in [5.74, 6) is -1.39. The van der Waals surface area contributed by atoms with Crippen molar-refractivity contribution >= 4 is 44.8 Å². The molecule has 0 aliphatic carbocycles. The van der Waals surface area contributed by atoms with Crippen LogP contribution in [-0.2, 0) is 33.9 Å². The van der Waals surface area contributed by atoms with Gasteiger partial charge in [-0.3, -0.25) is 14.2 Å². The van der Waals surface area contributed by atoms with Crippen LogP contribution in [0.4, 0.5) is 0 Å². The number of aromatic nitrogens is 4. The zero-order valence-corrected chi connectivity index (χ0v) is 27.0. The Kier molecular flexibility index (Phi) is 9.67. The first kappa shape index (κ1) is 32.6. The van der Waals surface area contributed by atoms with Gasteiger partial charge in [0.2, 0.25) is 5.28 Å². The summed E-state index contributed by atoms with van der Waals surface area (Å²) in [7, 11) is -4.41. The number of hydrogen-bond acceptors (Lipinski definition) is 11. The lowest BCUT2D eigenvalue weighted by Gasteiger charge is -2.22. The maximum atomic E-state index is 14.0. The summed E-state index contributed by atoms with van der Waals surface area (Å²) in [4.78, 5) is 35.8. The predicted octanol–water partition coefficient (Wildman–Crippen LogP) is 5.40. The normalized spacial score (nSPS) is 19.0. The molecule has 4 rings (SSSR count). The molecule has 43 heavy (non-hydrogen) atoms. The average molecular weight is 637 g/mol. The van der Waals surface area contributed by atoms with Crippen molar-refractivity contribution in [2.24, 2.45) is 0 Å². The molecule has 2 aromatic heterocycles. The number of imidazole rings is 1.